The van der Waals surface area contributed by atoms with Gasteiger partial charge in [-0.1, -0.05) is 18.2 Å². The summed E-state index contributed by atoms with van der Waals surface area (Å²) in [6.07, 6.45) is 8.28. The first-order valence-electron chi connectivity index (χ1n) is 10.9. The Morgan fingerprint density at radius 1 is 1.18 bits per heavy atom. The normalized spacial score (nSPS) is 31.7. The highest BCUT2D eigenvalue weighted by Crippen LogP contribution is 2.59. The predicted molar refractivity (Wildman–Crippen MR) is 115 cm³/mol. The number of aliphatic hydroxyl groups is 1. The molecule has 3 N–H and O–H groups in total. The Morgan fingerprint density at radius 3 is 2.46 bits per heavy atom. The molecule has 0 heterocycles. The molecular weight excluding hydrogens is 368 g/mol. The molecule has 4 saturated carbocycles. The molecule has 4 bridgehead atoms. The van der Waals surface area contributed by atoms with Gasteiger partial charge in [0.05, 0.1) is 12.0 Å². The smallest absolute Gasteiger partial charge is 0.251 e. The Balaban J connectivity index is 1.35. The van der Waals surface area contributed by atoms with Gasteiger partial charge in [-0.25, -0.2) is 0 Å². The summed E-state index contributed by atoms with van der Waals surface area (Å²) >= 11 is 1.69. The summed E-state index contributed by atoms with van der Waals surface area (Å²) in [5.74, 6) is 3.54. The minimum atomic E-state index is 0.0730. The lowest BCUT2D eigenvalue weighted by molar-refractivity contribution is -0.0503. The summed E-state index contributed by atoms with van der Waals surface area (Å²) in [6, 6.07) is 7.93. The molecule has 0 aromatic heterocycles. The van der Waals surface area contributed by atoms with Crippen molar-refractivity contribution in [2.45, 2.75) is 57.4 Å². The standard InChI is InChI=1S/C23H34N2O2S/c1-16(28-7-6-26)24-14-20-4-2-3-5-21(20)22(27)25-15-23-11-17-8-18(12-23)10-19(9-17)13-23/h2-5,16-19,24,26H,6-15H2,1H3,(H,25,27). The number of amides is 1. The van der Waals surface area contributed by atoms with Crippen molar-refractivity contribution in [1.82, 2.24) is 10.6 Å². The third-order valence-corrected chi connectivity index (χ3v) is 8.18. The van der Waals surface area contributed by atoms with Gasteiger partial charge in [0.15, 0.2) is 0 Å². The van der Waals surface area contributed by atoms with Crippen LogP contribution in [0.15, 0.2) is 24.3 Å². The molecule has 0 aliphatic heterocycles. The molecule has 1 unspecified atom stereocenters. The lowest BCUT2D eigenvalue weighted by atomic mass is 9.49. The molecule has 4 nitrogen and oxygen atoms in total. The zero-order chi connectivity index (χ0) is 19.6. The lowest BCUT2D eigenvalue weighted by Crippen LogP contribution is -2.51. The van der Waals surface area contributed by atoms with Crippen molar-refractivity contribution >= 4 is 17.7 Å². The highest BCUT2D eigenvalue weighted by Gasteiger charge is 2.50. The number of aliphatic hydroxyl groups excluding tert-OH is 1. The van der Waals surface area contributed by atoms with Crippen molar-refractivity contribution in [2.24, 2.45) is 23.2 Å². The van der Waals surface area contributed by atoms with E-state index in [-0.39, 0.29) is 17.9 Å². The van der Waals surface area contributed by atoms with Crippen LogP contribution in [0.1, 0.15) is 61.4 Å². The average molecular weight is 403 g/mol. The summed E-state index contributed by atoms with van der Waals surface area (Å²) < 4.78 is 0. The third-order valence-electron chi connectivity index (χ3n) is 7.09. The summed E-state index contributed by atoms with van der Waals surface area (Å²) in [7, 11) is 0. The minimum Gasteiger partial charge on any atom is -0.396 e. The summed E-state index contributed by atoms with van der Waals surface area (Å²) in [5, 5.41) is 16.0. The van der Waals surface area contributed by atoms with Crippen molar-refractivity contribution in [3.8, 4) is 0 Å². The van der Waals surface area contributed by atoms with E-state index >= 15 is 0 Å². The van der Waals surface area contributed by atoms with E-state index in [0.29, 0.717) is 12.0 Å². The van der Waals surface area contributed by atoms with Crippen LogP contribution in [-0.2, 0) is 6.54 Å². The Bertz CT molecular complexity index is 658. The van der Waals surface area contributed by atoms with Gasteiger partial charge in [-0.3, -0.25) is 4.79 Å². The van der Waals surface area contributed by atoms with E-state index in [9.17, 15) is 4.79 Å². The molecule has 1 aromatic rings. The molecule has 154 valence electrons. The Morgan fingerprint density at radius 2 is 1.82 bits per heavy atom. The van der Waals surface area contributed by atoms with E-state index in [1.165, 1.54) is 38.5 Å². The molecule has 4 aliphatic rings. The number of nitrogens with one attached hydrogen (secondary N) is 2. The number of carbonyl (C=O) groups is 1. The van der Waals surface area contributed by atoms with Gasteiger partial charge < -0.3 is 15.7 Å². The van der Waals surface area contributed by atoms with Gasteiger partial charge in [0.25, 0.3) is 5.91 Å². The Labute approximate surface area is 173 Å². The molecular formula is C23H34N2O2S. The maximum absolute atomic E-state index is 13.0. The molecule has 0 saturated heterocycles. The third kappa shape index (κ3) is 4.58. The fourth-order valence-electron chi connectivity index (χ4n) is 6.31. The van der Waals surface area contributed by atoms with E-state index in [1.807, 2.05) is 24.3 Å². The highest BCUT2D eigenvalue weighted by molar-refractivity contribution is 7.99. The predicted octanol–water partition coefficient (Wildman–Crippen LogP) is 3.79. The zero-order valence-electron chi connectivity index (χ0n) is 17.0. The Hall–Kier alpha value is -1.04. The lowest BCUT2D eigenvalue weighted by Gasteiger charge is -2.56. The number of hydrogen-bond donors (Lipinski definition) is 3. The van der Waals surface area contributed by atoms with E-state index in [0.717, 1.165) is 41.2 Å². The van der Waals surface area contributed by atoms with Crippen molar-refractivity contribution in [3.05, 3.63) is 35.4 Å². The molecule has 1 aromatic carbocycles. The summed E-state index contributed by atoms with van der Waals surface area (Å²) in [5.41, 5.74) is 2.20. The fourth-order valence-corrected chi connectivity index (χ4v) is 6.97. The quantitative estimate of drug-likeness (QED) is 0.550. The first-order chi connectivity index (χ1) is 13.6. The highest BCUT2D eigenvalue weighted by atomic mass is 32.2. The molecule has 5 heteroatoms. The van der Waals surface area contributed by atoms with Crippen LogP contribution < -0.4 is 10.6 Å². The monoisotopic (exact) mass is 402 g/mol. The first kappa shape index (κ1) is 20.2. The minimum absolute atomic E-state index is 0.0730. The zero-order valence-corrected chi connectivity index (χ0v) is 17.8. The summed E-state index contributed by atoms with van der Waals surface area (Å²) in [4.78, 5) is 13.0. The van der Waals surface area contributed by atoms with Gasteiger partial charge in [-0.15, -0.1) is 11.8 Å². The van der Waals surface area contributed by atoms with Crippen LogP contribution >= 0.6 is 11.8 Å². The number of carbonyl (C=O) groups excluding carboxylic acids is 1. The Kier molecular flexibility index (Phi) is 6.34. The number of rotatable bonds is 9. The molecule has 4 fully saturated rings. The second-order valence-electron chi connectivity index (χ2n) is 9.37. The SMILES string of the molecule is CC(NCc1ccccc1C(=O)NCC12CC3CC(CC(C3)C1)C2)SCCO. The van der Waals surface area contributed by atoms with Gasteiger partial charge >= 0.3 is 0 Å². The fraction of sp³-hybridized carbons (Fsp3) is 0.696. The van der Waals surface area contributed by atoms with Crippen molar-refractivity contribution in [1.29, 1.82) is 0 Å². The maximum atomic E-state index is 13.0. The molecule has 1 amide bonds. The van der Waals surface area contributed by atoms with Gasteiger partial charge in [-0.05, 0) is 80.2 Å². The summed E-state index contributed by atoms with van der Waals surface area (Å²) in [6.45, 7) is 3.80. The van der Waals surface area contributed by atoms with Crippen LogP contribution in [0, 0.1) is 23.2 Å². The van der Waals surface area contributed by atoms with Crippen molar-refractivity contribution < 1.29 is 9.90 Å². The maximum Gasteiger partial charge on any atom is 0.251 e. The van der Waals surface area contributed by atoms with Crippen molar-refractivity contribution in [2.75, 3.05) is 18.9 Å². The molecule has 0 radical (unpaired) electrons. The van der Waals surface area contributed by atoms with E-state index in [4.69, 9.17) is 5.11 Å². The molecule has 28 heavy (non-hydrogen) atoms. The van der Waals surface area contributed by atoms with E-state index < -0.39 is 0 Å². The van der Waals surface area contributed by atoms with Crippen LogP contribution in [0.4, 0.5) is 0 Å². The molecule has 1 atom stereocenters. The van der Waals surface area contributed by atoms with E-state index in [2.05, 4.69) is 17.6 Å². The van der Waals surface area contributed by atoms with Gasteiger partial charge in [0.2, 0.25) is 0 Å². The van der Waals surface area contributed by atoms with E-state index in [1.54, 1.807) is 11.8 Å². The molecule has 0 spiro atoms. The van der Waals surface area contributed by atoms with Gasteiger partial charge in [-0.2, -0.15) is 0 Å². The second kappa shape index (κ2) is 8.76. The van der Waals surface area contributed by atoms with Crippen LogP contribution in [0.2, 0.25) is 0 Å². The molecule has 5 rings (SSSR count). The number of benzene rings is 1. The van der Waals surface area contributed by atoms with Gasteiger partial charge in [0, 0.05) is 24.4 Å². The van der Waals surface area contributed by atoms with Gasteiger partial charge in [0.1, 0.15) is 0 Å². The second-order valence-corrected chi connectivity index (χ2v) is 10.8. The average Bonchev–Trinajstić information content (AvgIpc) is 2.68. The van der Waals surface area contributed by atoms with Crippen LogP contribution in [0.25, 0.3) is 0 Å². The molecule has 4 aliphatic carbocycles. The van der Waals surface area contributed by atoms with Crippen LogP contribution in [0.5, 0.6) is 0 Å². The largest absolute Gasteiger partial charge is 0.396 e. The topological polar surface area (TPSA) is 61.4 Å². The number of thioether (sulfide) groups is 1. The first-order valence-corrected chi connectivity index (χ1v) is 11.9. The number of hydrogen-bond acceptors (Lipinski definition) is 4. The van der Waals surface area contributed by atoms with Crippen molar-refractivity contribution in [3.63, 3.8) is 0 Å². The van der Waals surface area contributed by atoms with Crippen LogP contribution in [0.3, 0.4) is 0 Å². The van der Waals surface area contributed by atoms with Crippen LogP contribution in [-0.4, -0.2) is 35.3 Å².